The van der Waals surface area contributed by atoms with Crippen molar-refractivity contribution in [1.82, 2.24) is 0 Å². The lowest BCUT2D eigenvalue weighted by molar-refractivity contribution is -0.170. The molecule has 17 heavy (non-hydrogen) atoms. The summed E-state index contributed by atoms with van der Waals surface area (Å²) in [6, 6.07) is 4.07. The molecule has 92 valence electrons. The molecule has 1 aromatic rings. The molecule has 6 heteroatoms. The van der Waals surface area contributed by atoms with E-state index in [0.717, 1.165) is 0 Å². The van der Waals surface area contributed by atoms with Crippen LogP contribution in [0.15, 0.2) is 18.2 Å². The van der Waals surface area contributed by atoms with Crippen molar-refractivity contribution in [3.63, 3.8) is 0 Å². The Morgan fingerprint density at radius 3 is 2.35 bits per heavy atom. The number of rotatable bonds is 3. The Morgan fingerprint density at radius 1 is 1.29 bits per heavy atom. The van der Waals surface area contributed by atoms with Crippen LogP contribution in [0.4, 0.5) is 13.2 Å². The lowest BCUT2D eigenvalue weighted by atomic mass is 10.00. The molecule has 3 nitrogen and oxygen atoms in total. The maximum atomic E-state index is 12.1. The number of ketones is 1. The molecule has 0 unspecified atom stereocenters. The smallest absolute Gasteiger partial charge is 0.366 e. The molecule has 0 aromatic heterocycles. The van der Waals surface area contributed by atoms with Crippen molar-refractivity contribution in [3.05, 3.63) is 34.9 Å². The second kappa shape index (κ2) is 4.57. The Labute approximate surface area is 95.4 Å². The van der Waals surface area contributed by atoms with Gasteiger partial charge in [0.25, 0.3) is 0 Å². The highest BCUT2D eigenvalue weighted by molar-refractivity contribution is 5.93. The van der Waals surface area contributed by atoms with Crippen LogP contribution in [0, 0.1) is 6.92 Å². The van der Waals surface area contributed by atoms with Gasteiger partial charge >= 0.3 is 6.18 Å². The molecule has 0 radical (unpaired) electrons. The molecular formula is C11H10F3NO2. The number of primary amides is 1. The number of hydrogen-bond acceptors (Lipinski definition) is 2. The highest BCUT2D eigenvalue weighted by Gasteiger charge is 2.37. The van der Waals surface area contributed by atoms with Gasteiger partial charge < -0.3 is 5.73 Å². The molecule has 0 saturated carbocycles. The summed E-state index contributed by atoms with van der Waals surface area (Å²) in [6.45, 7) is 1.56. The first-order chi connectivity index (χ1) is 7.71. The fraction of sp³-hybridized carbons (Fsp3) is 0.273. The second-order valence-electron chi connectivity index (χ2n) is 3.60. The number of alkyl halides is 3. The summed E-state index contributed by atoms with van der Waals surface area (Å²) in [5, 5.41) is 0. The third-order valence-electron chi connectivity index (χ3n) is 2.30. The zero-order valence-electron chi connectivity index (χ0n) is 8.97. The van der Waals surface area contributed by atoms with Crippen LogP contribution in [0.3, 0.4) is 0 Å². The molecule has 0 aliphatic heterocycles. The minimum atomic E-state index is -4.87. The first kappa shape index (κ1) is 13.2. The van der Waals surface area contributed by atoms with Crippen LogP contribution in [-0.4, -0.2) is 17.9 Å². The fourth-order valence-corrected chi connectivity index (χ4v) is 1.29. The molecule has 1 amide bonds. The van der Waals surface area contributed by atoms with E-state index < -0.39 is 24.3 Å². The van der Waals surface area contributed by atoms with Gasteiger partial charge in [-0.25, -0.2) is 0 Å². The molecule has 1 rings (SSSR count). The topological polar surface area (TPSA) is 60.2 Å². The molecule has 0 heterocycles. The largest absolute Gasteiger partial charge is 0.450 e. The van der Waals surface area contributed by atoms with Gasteiger partial charge in [-0.1, -0.05) is 6.07 Å². The van der Waals surface area contributed by atoms with Gasteiger partial charge in [-0.05, 0) is 30.2 Å². The number of carbonyl (C=O) groups is 2. The lowest BCUT2D eigenvalue weighted by Crippen LogP contribution is -2.25. The van der Waals surface area contributed by atoms with Crippen LogP contribution >= 0.6 is 0 Å². The standard InChI is InChI=1S/C11H10F3NO2/c1-6-2-3-7(10(15)17)4-8(6)5-9(16)11(12,13)14/h2-4H,5H2,1H3,(H2,15,17). The van der Waals surface area contributed by atoms with Crippen LogP contribution < -0.4 is 5.73 Å². The maximum absolute atomic E-state index is 12.1. The molecule has 0 fully saturated rings. The molecule has 2 N–H and O–H groups in total. The van der Waals surface area contributed by atoms with E-state index in [1.54, 1.807) is 6.92 Å². The first-order valence-electron chi connectivity index (χ1n) is 4.71. The molecule has 1 aromatic carbocycles. The Bertz CT molecular complexity index is 466. The first-order valence-corrected chi connectivity index (χ1v) is 4.71. The zero-order chi connectivity index (χ0) is 13.2. The van der Waals surface area contributed by atoms with Crippen LogP contribution in [0.2, 0.25) is 0 Å². The number of halogens is 3. The quantitative estimate of drug-likeness (QED) is 0.882. The normalized spacial score (nSPS) is 11.3. The number of benzene rings is 1. The highest BCUT2D eigenvalue weighted by atomic mass is 19.4. The average Bonchev–Trinajstić information content (AvgIpc) is 2.19. The maximum Gasteiger partial charge on any atom is 0.450 e. The highest BCUT2D eigenvalue weighted by Crippen LogP contribution is 2.20. The van der Waals surface area contributed by atoms with Gasteiger partial charge in [-0.2, -0.15) is 13.2 Å². The predicted molar refractivity (Wildman–Crippen MR) is 54.5 cm³/mol. The third kappa shape index (κ3) is 3.30. The number of aryl methyl sites for hydroxylation is 1. The zero-order valence-corrected chi connectivity index (χ0v) is 8.97. The van der Waals surface area contributed by atoms with Crippen molar-refractivity contribution in [2.45, 2.75) is 19.5 Å². The summed E-state index contributed by atoms with van der Waals surface area (Å²) in [7, 11) is 0. The minimum absolute atomic E-state index is 0.0839. The summed E-state index contributed by atoms with van der Waals surface area (Å²) < 4.78 is 36.3. The molecule has 0 saturated heterocycles. The number of carbonyl (C=O) groups excluding carboxylic acids is 2. The SMILES string of the molecule is Cc1ccc(C(N)=O)cc1CC(=O)C(F)(F)F. The molecule has 0 aliphatic carbocycles. The summed E-state index contributed by atoms with van der Waals surface area (Å²) in [4.78, 5) is 21.7. The van der Waals surface area contributed by atoms with Gasteiger partial charge in [0, 0.05) is 12.0 Å². The number of Topliss-reactive ketones (excluding diaryl/α,β-unsaturated/α-hetero) is 1. The third-order valence-corrected chi connectivity index (χ3v) is 2.30. The number of amides is 1. The summed E-state index contributed by atoms with van der Waals surface area (Å²) in [6.07, 6.45) is -5.65. The Balaban J connectivity index is 3.02. The van der Waals surface area contributed by atoms with E-state index in [1.165, 1.54) is 18.2 Å². The monoisotopic (exact) mass is 245 g/mol. The lowest BCUT2D eigenvalue weighted by Gasteiger charge is -2.08. The van der Waals surface area contributed by atoms with E-state index in [2.05, 4.69) is 0 Å². The van der Waals surface area contributed by atoms with E-state index in [0.29, 0.717) is 5.56 Å². The van der Waals surface area contributed by atoms with E-state index in [4.69, 9.17) is 5.73 Å². The van der Waals surface area contributed by atoms with Crippen molar-refractivity contribution in [1.29, 1.82) is 0 Å². The van der Waals surface area contributed by atoms with Gasteiger partial charge in [0.15, 0.2) is 0 Å². The van der Waals surface area contributed by atoms with E-state index in [-0.39, 0.29) is 11.1 Å². The minimum Gasteiger partial charge on any atom is -0.366 e. The van der Waals surface area contributed by atoms with E-state index in [9.17, 15) is 22.8 Å². The second-order valence-corrected chi connectivity index (χ2v) is 3.60. The van der Waals surface area contributed by atoms with Crippen molar-refractivity contribution < 1.29 is 22.8 Å². The number of hydrogen-bond donors (Lipinski definition) is 1. The van der Waals surface area contributed by atoms with Gasteiger partial charge in [0.05, 0.1) is 0 Å². The van der Waals surface area contributed by atoms with Crippen molar-refractivity contribution in [2.24, 2.45) is 5.73 Å². The molecule has 0 atom stereocenters. The van der Waals surface area contributed by atoms with Crippen LogP contribution in [0.1, 0.15) is 21.5 Å². The summed E-state index contributed by atoms with van der Waals surface area (Å²) in [5.41, 5.74) is 5.75. The molecular weight excluding hydrogens is 235 g/mol. The molecule has 0 bridgehead atoms. The van der Waals surface area contributed by atoms with Crippen LogP contribution in [0.5, 0.6) is 0 Å². The van der Waals surface area contributed by atoms with Gasteiger partial charge in [0.1, 0.15) is 0 Å². The Morgan fingerprint density at radius 2 is 1.88 bits per heavy atom. The Hall–Kier alpha value is -1.85. The van der Waals surface area contributed by atoms with Gasteiger partial charge in [0.2, 0.25) is 11.7 Å². The van der Waals surface area contributed by atoms with Crippen molar-refractivity contribution in [2.75, 3.05) is 0 Å². The molecule has 0 aliphatic rings. The van der Waals surface area contributed by atoms with Crippen molar-refractivity contribution in [3.8, 4) is 0 Å². The predicted octanol–water partition coefficient (Wildman–Crippen LogP) is 1.77. The Kier molecular flexibility index (Phi) is 3.55. The van der Waals surface area contributed by atoms with Crippen LogP contribution in [-0.2, 0) is 11.2 Å². The van der Waals surface area contributed by atoms with E-state index in [1.807, 2.05) is 0 Å². The average molecular weight is 245 g/mol. The van der Waals surface area contributed by atoms with Crippen LogP contribution in [0.25, 0.3) is 0 Å². The van der Waals surface area contributed by atoms with Gasteiger partial charge in [-0.3, -0.25) is 9.59 Å². The van der Waals surface area contributed by atoms with Crippen molar-refractivity contribution >= 4 is 11.7 Å². The fourth-order valence-electron chi connectivity index (χ4n) is 1.29. The summed E-state index contributed by atoms with van der Waals surface area (Å²) in [5.74, 6) is -2.59. The summed E-state index contributed by atoms with van der Waals surface area (Å²) >= 11 is 0. The number of nitrogens with two attached hydrogens (primary N) is 1. The molecule has 0 spiro atoms. The van der Waals surface area contributed by atoms with Gasteiger partial charge in [-0.15, -0.1) is 0 Å². The van der Waals surface area contributed by atoms with E-state index >= 15 is 0 Å².